The first-order valence-corrected chi connectivity index (χ1v) is 12.9. The number of nitrogens with one attached hydrogen (secondary N) is 1. The van der Waals surface area contributed by atoms with E-state index in [1.54, 1.807) is 4.90 Å². The highest BCUT2D eigenvalue weighted by Gasteiger charge is 2.29. The van der Waals surface area contributed by atoms with Crippen molar-refractivity contribution in [1.82, 2.24) is 24.6 Å². The first kappa shape index (κ1) is 26.1. The molecule has 1 aliphatic carbocycles. The molecule has 2 fully saturated rings. The molecule has 194 valence electrons. The average Bonchev–Trinajstić information content (AvgIpc) is 3.11. The molecule has 0 unspecified atom stereocenters. The second kappa shape index (κ2) is 11.4. The minimum Gasteiger partial charge on any atom is -0.388 e. The normalized spacial score (nSPS) is 17.9. The van der Waals surface area contributed by atoms with Gasteiger partial charge < -0.3 is 15.3 Å². The fourth-order valence-electron chi connectivity index (χ4n) is 4.86. The zero-order valence-electron chi connectivity index (χ0n) is 20.2. The number of hydrogen-bond acceptors (Lipinski definition) is 6. The van der Waals surface area contributed by atoms with Crippen molar-refractivity contribution in [2.75, 3.05) is 19.6 Å². The fraction of sp³-hybridized carbons (Fsp3) is 0.560. The van der Waals surface area contributed by atoms with Gasteiger partial charge in [0.1, 0.15) is 12.7 Å². The molecule has 2 aromatic rings. The van der Waals surface area contributed by atoms with Crippen LogP contribution in [0.1, 0.15) is 68.1 Å². The number of halogens is 1. The molecule has 1 aromatic heterocycles. The molecule has 1 aromatic carbocycles. The summed E-state index contributed by atoms with van der Waals surface area (Å²) >= 11 is 6.28. The number of carbonyl (C=O) groups is 2. The van der Waals surface area contributed by atoms with Crippen molar-refractivity contribution >= 4 is 23.4 Å². The maximum absolute atomic E-state index is 13.1. The summed E-state index contributed by atoms with van der Waals surface area (Å²) in [5.74, 6) is -0.777. The Hall–Kier alpha value is -2.98. The van der Waals surface area contributed by atoms with Crippen LogP contribution in [0.15, 0.2) is 34.0 Å². The molecule has 1 aliphatic heterocycles. The summed E-state index contributed by atoms with van der Waals surface area (Å²) in [5, 5.41) is 17.7. The molecule has 2 heterocycles. The molecular formula is C25H32ClN5O5. The Labute approximate surface area is 213 Å². The predicted molar refractivity (Wildman–Crippen MR) is 135 cm³/mol. The number of piperidine rings is 1. The van der Waals surface area contributed by atoms with Gasteiger partial charge in [0.05, 0.1) is 21.9 Å². The summed E-state index contributed by atoms with van der Waals surface area (Å²) < 4.78 is 1.82. The largest absolute Gasteiger partial charge is 0.388 e. The van der Waals surface area contributed by atoms with Gasteiger partial charge in [0.15, 0.2) is 0 Å². The van der Waals surface area contributed by atoms with Gasteiger partial charge in [0, 0.05) is 19.6 Å². The van der Waals surface area contributed by atoms with Gasteiger partial charge in [-0.2, -0.15) is 9.78 Å². The minimum absolute atomic E-state index is 0.105. The highest BCUT2D eigenvalue weighted by Crippen LogP contribution is 2.27. The molecule has 36 heavy (non-hydrogen) atoms. The third kappa shape index (κ3) is 6.04. The maximum atomic E-state index is 13.1. The molecule has 0 radical (unpaired) electrons. The molecule has 2 aliphatic rings. The van der Waals surface area contributed by atoms with E-state index in [2.05, 4.69) is 10.4 Å². The number of amides is 2. The smallest absolute Gasteiger partial charge is 0.352 e. The predicted octanol–water partition coefficient (Wildman–Crippen LogP) is 1.88. The van der Waals surface area contributed by atoms with Crippen LogP contribution in [0, 0.1) is 0 Å². The van der Waals surface area contributed by atoms with Gasteiger partial charge in [-0.15, -0.1) is 0 Å². The molecule has 11 heteroatoms. The van der Waals surface area contributed by atoms with E-state index in [4.69, 9.17) is 11.6 Å². The van der Waals surface area contributed by atoms with Crippen molar-refractivity contribution in [3.63, 3.8) is 0 Å². The number of likely N-dealkylation sites (tertiary alicyclic amines) is 1. The third-order valence-corrected chi connectivity index (χ3v) is 7.34. The highest BCUT2D eigenvalue weighted by atomic mass is 35.5. The number of aliphatic hydroxyl groups is 1. The summed E-state index contributed by atoms with van der Waals surface area (Å²) in [6.45, 7) is 0.947. The van der Waals surface area contributed by atoms with Crippen molar-refractivity contribution < 1.29 is 14.7 Å². The van der Waals surface area contributed by atoms with Crippen LogP contribution in [0.5, 0.6) is 0 Å². The molecule has 2 amide bonds. The number of nitrogens with zero attached hydrogens (tertiary/aromatic N) is 4. The van der Waals surface area contributed by atoms with E-state index in [1.165, 1.54) is 18.2 Å². The molecule has 0 spiro atoms. The Morgan fingerprint density at radius 1 is 1.03 bits per heavy atom. The van der Waals surface area contributed by atoms with E-state index in [0.29, 0.717) is 25.9 Å². The molecule has 2 N–H and O–H groups in total. The van der Waals surface area contributed by atoms with Crippen molar-refractivity contribution in [1.29, 1.82) is 0 Å². The Morgan fingerprint density at radius 3 is 2.39 bits per heavy atom. The quantitative estimate of drug-likeness (QED) is 0.563. The molecule has 4 rings (SSSR count). The lowest BCUT2D eigenvalue weighted by Gasteiger charge is -2.27. The van der Waals surface area contributed by atoms with E-state index in [-0.39, 0.29) is 35.3 Å². The van der Waals surface area contributed by atoms with Crippen molar-refractivity contribution in [2.24, 2.45) is 0 Å². The molecule has 10 nitrogen and oxygen atoms in total. The Kier molecular flexibility index (Phi) is 8.25. The van der Waals surface area contributed by atoms with Crippen LogP contribution in [0.3, 0.4) is 0 Å². The summed E-state index contributed by atoms with van der Waals surface area (Å²) in [6, 6.07) is 4.38. The second-order valence-corrected chi connectivity index (χ2v) is 10.1. The van der Waals surface area contributed by atoms with Crippen LogP contribution in [0.2, 0.25) is 5.02 Å². The molecule has 0 bridgehead atoms. The standard InChI is InChI=1S/C25H32ClN5O5/c26-20-9-8-18(14-19(20)23(34)27-17-25(36)10-4-1-2-5-11-25)31-24(35)30(21(32)15-28-31)16-22(33)29-12-6-3-7-13-29/h8-9,14-15,36H,1-7,10-13,16-17H2,(H,27,34). The van der Waals surface area contributed by atoms with Crippen LogP contribution in [0.4, 0.5) is 0 Å². The van der Waals surface area contributed by atoms with Crippen LogP contribution < -0.4 is 16.6 Å². The van der Waals surface area contributed by atoms with Crippen molar-refractivity contribution in [2.45, 2.75) is 69.9 Å². The number of benzene rings is 1. The van der Waals surface area contributed by atoms with Gasteiger partial charge in [-0.3, -0.25) is 14.4 Å². The number of carbonyl (C=O) groups excluding carboxylic acids is 2. The van der Waals surface area contributed by atoms with Crippen LogP contribution in [0.25, 0.3) is 5.69 Å². The van der Waals surface area contributed by atoms with Crippen molar-refractivity contribution in [3.8, 4) is 5.69 Å². The van der Waals surface area contributed by atoms with Crippen LogP contribution in [-0.2, 0) is 11.3 Å². The zero-order valence-corrected chi connectivity index (χ0v) is 21.0. The van der Waals surface area contributed by atoms with E-state index in [1.807, 2.05) is 0 Å². The molecule has 1 saturated heterocycles. The minimum atomic E-state index is -0.953. The van der Waals surface area contributed by atoms with Gasteiger partial charge >= 0.3 is 5.69 Å². The van der Waals surface area contributed by atoms with E-state index >= 15 is 0 Å². The van der Waals surface area contributed by atoms with Gasteiger partial charge in [-0.1, -0.05) is 37.3 Å². The number of hydrogen-bond donors (Lipinski definition) is 2. The maximum Gasteiger partial charge on any atom is 0.352 e. The number of rotatable bonds is 6. The van der Waals surface area contributed by atoms with Crippen molar-refractivity contribution in [3.05, 3.63) is 55.8 Å². The highest BCUT2D eigenvalue weighted by molar-refractivity contribution is 6.33. The van der Waals surface area contributed by atoms with Crippen LogP contribution in [-0.4, -0.2) is 61.4 Å². The lowest BCUT2D eigenvalue weighted by molar-refractivity contribution is -0.132. The molecular weight excluding hydrogens is 486 g/mol. The number of aromatic nitrogens is 3. The monoisotopic (exact) mass is 517 g/mol. The van der Waals surface area contributed by atoms with E-state index < -0.39 is 22.8 Å². The lowest BCUT2D eigenvalue weighted by Crippen LogP contribution is -2.46. The third-order valence-electron chi connectivity index (χ3n) is 7.02. The Bertz CT molecular complexity index is 1230. The average molecular weight is 518 g/mol. The zero-order chi connectivity index (χ0) is 25.7. The topological polar surface area (TPSA) is 127 Å². The van der Waals surface area contributed by atoms with Gasteiger partial charge in [0.2, 0.25) is 5.91 Å². The SMILES string of the molecule is O=C(NCC1(O)CCCCCC1)c1cc(-n2ncc(=O)n(CC(=O)N3CCCCC3)c2=O)ccc1Cl. The summed E-state index contributed by atoms with van der Waals surface area (Å²) in [6.07, 6.45) is 9.02. The summed E-state index contributed by atoms with van der Waals surface area (Å²) in [4.78, 5) is 52.7. The summed E-state index contributed by atoms with van der Waals surface area (Å²) in [5.41, 5.74) is -2.07. The second-order valence-electron chi connectivity index (χ2n) is 9.69. The first-order chi connectivity index (χ1) is 17.3. The summed E-state index contributed by atoms with van der Waals surface area (Å²) in [7, 11) is 0. The lowest BCUT2D eigenvalue weighted by atomic mass is 9.94. The van der Waals surface area contributed by atoms with Gasteiger partial charge in [0.25, 0.3) is 11.5 Å². The molecule has 0 atom stereocenters. The van der Waals surface area contributed by atoms with E-state index in [0.717, 1.165) is 60.4 Å². The molecule has 1 saturated carbocycles. The van der Waals surface area contributed by atoms with E-state index in [9.17, 15) is 24.3 Å². The van der Waals surface area contributed by atoms with Gasteiger partial charge in [-0.05, 0) is 50.3 Å². The van der Waals surface area contributed by atoms with Gasteiger partial charge in [-0.25, -0.2) is 9.36 Å². The Balaban J connectivity index is 1.55. The Morgan fingerprint density at radius 2 is 1.69 bits per heavy atom. The fourth-order valence-corrected chi connectivity index (χ4v) is 5.06. The first-order valence-electron chi connectivity index (χ1n) is 12.5. The van der Waals surface area contributed by atoms with Crippen LogP contribution >= 0.6 is 11.6 Å².